The lowest BCUT2D eigenvalue weighted by atomic mass is 9.78. The molecule has 1 aliphatic rings. The van der Waals surface area contributed by atoms with Crippen molar-refractivity contribution >= 4 is 0 Å². The maximum absolute atomic E-state index is 6.23. The van der Waals surface area contributed by atoms with Crippen molar-refractivity contribution in [2.24, 2.45) is 0 Å². The zero-order chi connectivity index (χ0) is 13.7. The summed E-state index contributed by atoms with van der Waals surface area (Å²) in [6, 6.07) is 0.183. The lowest BCUT2D eigenvalue weighted by Crippen LogP contribution is -2.47. The van der Waals surface area contributed by atoms with Crippen molar-refractivity contribution < 1.29 is 4.74 Å². The van der Waals surface area contributed by atoms with Crippen LogP contribution in [0.3, 0.4) is 0 Å². The summed E-state index contributed by atoms with van der Waals surface area (Å²) >= 11 is 0. The van der Waals surface area contributed by atoms with E-state index in [1.807, 2.05) is 13.2 Å². The van der Waals surface area contributed by atoms with Gasteiger partial charge < -0.3 is 14.6 Å². The molecule has 1 aliphatic carbocycles. The van der Waals surface area contributed by atoms with Crippen LogP contribution in [0.4, 0.5) is 0 Å². The molecule has 4 nitrogen and oxygen atoms in total. The van der Waals surface area contributed by atoms with E-state index in [-0.39, 0.29) is 11.6 Å². The van der Waals surface area contributed by atoms with Gasteiger partial charge in [-0.25, -0.2) is 4.98 Å². The molecule has 1 saturated carbocycles. The Bertz CT molecular complexity index is 377. The molecular formula is C15H27N3O. The lowest BCUT2D eigenvalue weighted by molar-refractivity contribution is -0.0921. The highest BCUT2D eigenvalue weighted by Crippen LogP contribution is 2.40. The zero-order valence-corrected chi connectivity index (χ0v) is 12.5. The fourth-order valence-corrected chi connectivity index (χ4v) is 3.43. The van der Waals surface area contributed by atoms with Crippen molar-refractivity contribution in [1.82, 2.24) is 14.9 Å². The monoisotopic (exact) mass is 265 g/mol. The summed E-state index contributed by atoms with van der Waals surface area (Å²) in [5.74, 6) is 1.11. The molecule has 0 bridgehead atoms. The van der Waals surface area contributed by atoms with Gasteiger partial charge in [0.2, 0.25) is 0 Å². The first-order valence-corrected chi connectivity index (χ1v) is 7.59. The van der Waals surface area contributed by atoms with Crippen LogP contribution >= 0.6 is 0 Å². The van der Waals surface area contributed by atoms with Gasteiger partial charge in [0.25, 0.3) is 0 Å². The fourth-order valence-electron chi connectivity index (χ4n) is 3.43. The molecule has 1 fully saturated rings. The molecule has 0 saturated heterocycles. The molecule has 4 heteroatoms. The number of aromatic nitrogens is 2. The van der Waals surface area contributed by atoms with Crippen molar-refractivity contribution in [1.29, 1.82) is 0 Å². The third kappa shape index (κ3) is 2.84. The second-order valence-corrected chi connectivity index (χ2v) is 5.35. The van der Waals surface area contributed by atoms with Gasteiger partial charge in [0, 0.05) is 25.5 Å². The molecular weight excluding hydrogens is 238 g/mol. The standard InChI is InChI=1S/C15H27N3O/c1-4-18-12-11-17-14(18)13(16-3)15(19-5-2)9-7-6-8-10-15/h11-13,16H,4-10H2,1-3H3. The van der Waals surface area contributed by atoms with Gasteiger partial charge in [-0.05, 0) is 33.7 Å². The summed E-state index contributed by atoms with van der Waals surface area (Å²) in [4.78, 5) is 4.58. The summed E-state index contributed by atoms with van der Waals surface area (Å²) in [7, 11) is 2.02. The Labute approximate surface area is 116 Å². The number of imidazole rings is 1. The Morgan fingerprint density at radius 2 is 2.11 bits per heavy atom. The largest absolute Gasteiger partial charge is 0.373 e. The van der Waals surface area contributed by atoms with Crippen LogP contribution in [0.15, 0.2) is 12.4 Å². The zero-order valence-electron chi connectivity index (χ0n) is 12.5. The van der Waals surface area contributed by atoms with E-state index < -0.39 is 0 Å². The van der Waals surface area contributed by atoms with Crippen molar-refractivity contribution in [2.45, 2.75) is 64.1 Å². The molecule has 1 heterocycles. The van der Waals surface area contributed by atoms with E-state index in [1.54, 1.807) is 0 Å². The van der Waals surface area contributed by atoms with Gasteiger partial charge in [-0.1, -0.05) is 19.3 Å². The highest BCUT2D eigenvalue weighted by atomic mass is 16.5. The Hall–Kier alpha value is -0.870. The Morgan fingerprint density at radius 1 is 1.37 bits per heavy atom. The first-order chi connectivity index (χ1) is 9.27. The molecule has 1 N–H and O–H groups in total. The van der Waals surface area contributed by atoms with Crippen LogP contribution in [0.25, 0.3) is 0 Å². The van der Waals surface area contributed by atoms with Crippen molar-refractivity contribution in [3.8, 4) is 0 Å². The third-order valence-electron chi connectivity index (χ3n) is 4.29. The van der Waals surface area contributed by atoms with Gasteiger partial charge in [0.15, 0.2) is 0 Å². The average Bonchev–Trinajstić information content (AvgIpc) is 2.89. The summed E-state index contributed by atoms with van der Waals surface area (Å²) in [5.41, 5.74) is -0.0833. The average molecular weight is 265 g/mol. The quantitative estimate of drug-likeness (QED) is 0.859. The van der Waals surface area contributed by atoms with Crippen LogP contribution in [0.1, 0.15) is 57.8 Å². The van der Waals surface area contributed by atoms with E-state index in [1.165, 1.54) is 19.3 Å². The van der Waals surface area contributed by atoms with Gasteiger partial charge >= 0.3 is 0 Å². The molecule has 0 aliphatic heterocycles. The number of hydrogen-bond acceptors (Lipinski definition) is 3. The molecule has 1 aromatic rings. The third-order valence-corrected chi connectivity index (χ3v) is 4.29. The van der Waals surface area contributed by atoms with Gasteiger partial charge in [0.1, 0.15) is 5.82 Å². The molecule has 1 aromatic heterocycles. The van der Waals surface area contributed by atoms with Crippen LogP contribution in [0.5, 0.6) is 0 Å². The summed E-state index contributed by atoms with van der Waals surface area (Å²) in [6.07, 6.45) is 10.0. The first-order valence-electron chi connectivity index (χ1n) is 7.59. The second-order valence-electron chi connectivity index (χ2n) is 5.35. The summed E-state index contributed by atoms with van der Waals surface area (Å²) < 4.78 is 8.45. The first kappa shape index (κ1) is 14.5. The summed E-state index contributed by atoms with van der Waals surface area (Å²) in [6.45, 7) is 5.97. The van der Waals surface area contributed by atoms with Gasteiger partial charge in [-0.3, -0.25) is 0 Å². The highest BCUT2D eigenvalue weighted by molar-refractivity contribution is 5.09. The minimum absolute atomic E-state index is 0.0833. The van der Waals surface area contributed by atoms with E-state index in [4.69, 9.17) is 4.74 Å². The van der Waals surface area contributed by atoms with Gasteiger partial charge in [-0.2, -0.15) is 0 Å². The molecule has 108 valence electrons. The van der Waals surface area contributed by atoms with E-state index in [9.17, 15) is 0 Å². The molecule has 1 unspecified atom stereocenters. The smallest absolute Gasteiger partial charge is 0.128 e. The number of aryl methyl sites for hydroxylation is 1. The Balaban J connectivity index is 2.31. The van der Waals surface area contributed by atoms with E-state index in [2.05, 4.69) is 34.9 Å². The normalized spacial score (nSPS) is 20.4. The lowest BCUT2D eigenvalue weighted by Gasteiger charge is -2.42. The van der Waals surface area contributed by atoms with Gasteiger partial charge in [-0.15, -0.1) is 0 Å². The topological polar surface area (TPSA) is 39.1 Å². The predicted octanol–water partition coefficient (Wildman–Crippen LogP) is 2.90. The van der Waals surface area contributed by atoms with E-state index >= 15 is 0 Å². The SMILES string of the molecule is CCOC1(C(NC)c2nccn2CC)CCCCC1. The number of nitrogens with one attached hydrogen (secondary N) is 1. The van der Waals surface area contributed by atoms with Crippen LogP contribution < -0.4 is 5.32 Å². The van der Waals surface area contributed by atoms with Crippen LogP contribution in [0.2, 0.25) is 0 Å². The van der Waals surface area contributed by atoms with Crippen LogP contribution in [0, 0.1) is 0 Å². The highest BCUT2D eigenvalue weighted by Gasteiger charge is 2.42. The van der Waals surface area contributed by atoms with Crippen LogP contribution in [-0.4, -0.2) is 28.8 Å². The molecule has 2 rings (SSSR count). The van der Waals surface area contributed by atoms with E-state index in [0.29, 0.717) is 0 Å². The van der Waals surface area contributed by atoms with Gasteiger partial charge in [0.05, 0.1) is 11.6 Å². The molecule has 0 radical (unpaired) electrons. The van der Waals surface area contributed by atoms with Crippen molar-refractivity contribution in [2.75, 3.05) is 13.7 Å². The number of ether oxygens (including phenoxy) is 1. The van der Waals surface area contributed by atoms with E-state index in [0.717, 1.165) is 31.8 Å². The molecule has 0 spiro atoms. The van der Waals surface area contributed by atoms with Crippen molar-refractivity contribution in [3.63, 3.8) is 0 Å². The molecule has 0 amide bonds. The molecule has 0 aromatic carbocycles. The Kier molecular flexibility index (Phi) is 4.99. The second kappa shape index (κ2) is 6.53. The molecule has 1 atom stereocenters. The van der Waals surface area contributed by atoms with Crippen LogP contribution in [-0.2, 0) is 11.3 Å². The maximum atomic E-state index is 6.23. The number of nitrogens with zero attached hydrogens (tertiary/aromatic N) is 2. The minimum Gasteiger partial charge on any atom is -0.373 e. The molecule has 19 heavy (non-hydrogen) atoms. The van der Waals surface area contributed by atoms with Crippen molar-refractivity contribution in [3.05, 3.63) is 18.2 Å². The number of likely N-dealkylation sites (N-methyl/N-ethyl adjacent to an activating group) is 1. The predicted molar refractivity (Wildman–Crippen MR) is 77.1 cm³/mol. The summed E-state index contributed by atoms with van der Waals surface area (Å²) in [5, 5.41) is 3.47. The maximum Gasteiger partial charge on any atom is 0.128 e. The number of rotatable bonds is 6. The minimum atomic E-state index is -0.0833. The number of hydrogen-bond donors (Lipinski definition) is 1. The fraction of sp³-hybridized carbons (Fsp3) is 0.800. The Morgan fingerprint density at radius 3 is 2.68 bits per heavy atom.